The first-order valence-electron chi connectivity index (χ1n) is 14.6. The molecular weight excluding hydrogens is 447 g/mol. The van der Waals surface area contributed by atoms with Crippen LogP contribution in [0.25, 0.3) is 0 Å². The monoisotopic (exact) mass is 512 g/mol. The minimum absolute atomic E-state index is 0. The van der Waals surface area contributed by atoms with Crippen LogP contribution in [0.2, 0.25) is 0 Å². The summed E-state index contributed by atoms with van der Waals surface area (Å²) < 4.78 is 2.74. The maximum Gasteiger partial charge on any atom is 0.0786 e. The van der Waals surface area contributed by atoms with Crippen molar-refractivity contribution in [2.45, 2.75) is 138 Å². The topological polar surface area (TPSA) is 0 Å². The van der Waals surface area contributed by atoms with Crippen molar-refractivity contribution in [3.63, 3.8) is 0 Å². The standard InChI is InChI=1S/C16H36N.C13H30N.2ClH/c1-5-9-13-17(14-10-6-2,15-11-7-3)16-12-8-4;1-5-8-11-14(4,12-9-6-2)13-10-7-3;;/h5-16H2,1-4H3;5-13H2,1-4H3;2*1H/q2*+1;;/p-2. The fourth-order valence-corrected chi connectivity index (χ4v) is 4.60. The molecule has 0 aliphatic carbocycles. The van der Waals surface area contributed by atoms with Crippen LogP contribution in [0.4, 0.5) is 0 Å². The number of quaternary nitrogens is 2. The third kappa shape index (κ3) is 24.0. The average Bonchev–Trinajstić information content (AvgIpc) is 2.79. The van der Waals surface area contributed by atoms with E-state index in [0.717, 1.165) is 0 Å². The number of halogens is 2. The van der Waals surface area contributed by atoms with Gasteiger partial charge in [0.05, 0.1) is 52.9 Å². The molecule has 0 heterocycles. The molecule has 4 heteroatoms. The molecule has 0 atom stereocenters. The Hall–Kier alpha value is 0.500. The molecule has 2 nitrogen and oxygen atoms in total. The number of hydrogen-bond donors (Lipinski definition) is 0. The summed E-state index contributed by atoms with van der Waals surface area (Å²) >= 11 is 0. The SMILES string of the molecule is CCCC[N+](C)(CCCC)CCCC.CCCC[N+](CCCC)(CCCC)CCCC.[Cl-].[Cl-]. The van der Waals surface area contributed by atoms with Gasteiger partial charge in [-0.25, -0.2) is 0 Å². The predicted octanol–water partition coefficient (Wildman–Crippen LogP) is 2.84. The first-order valence-corrected chi connectivity index (χ1v) is 14.6. The molecule has 0 aliphatic heterocycles. The zero-order valence-electron chi connectivity index (χ0n) is 24.5. The molecule has 0 radical (unpaired) electrons. The van der Waals surface area contributed by atoms with Gasteiger partial charge in [-0.05, 0) is 44.9 Å². The number of nitrogens with zero attached hydrogens (tertiary/aromatic N) is 2. The highest BCUT2D eigenvalue weighted by molar-refractivity contribution is 4.49. The second-order valence-electron chi connectivity index (χ2n) is 10.5. The van der Waals surface area contributed by atoms with Gasteiger partial charge in [-0.1, -0.05) is 93.4 Å². The van der Waals surface area contributed by atoms with Gasteiger partial charge in [0, 0.05) is 0 Å². The highest BCUT2D eigenvalue weighted by Crippen LogP contribution is 2.16. The molecule has 0 unspecified atom stereocenters. The third-order valence-corrected chi connectivity index (χ3v) is 7.10. The molecule has 206 valence electrons. The van der Waals surface area contributed by atoms with Gasteiger partial charge in [-0.15, -0.1) is 0 Å². The zero-order chi connectivity index (χ0) is 23.8. The van der Waals surface area contributed by atoms with Crippen molar-refractivity contribution in [1.29, 1.82) is 0 Å². The van der Waals surface area contributed by atoms with E-state index in [1.807, 2.05) is 0 Å². The Morgan fingerprint density at radius 1 is 0.333 bits per heavy atom. The maximum atomic E-state index is 2.45. The van der Waals surface area contributed by atoms with Crippen molar-refractivity contribution >= 4 is 0 Å². The largest absolute Gasteiger partial charge is 1.00 e. The summed E-state index contributed by atoms with van der Waals surface area (Å²) in [7, 11) is 2.45. The summed E-state index contributed by atoms with van der Waals surface area (Å²) in [5.74, 6) is 0. The van der Waals surface area contributed by atoms with Gasteiger partial charge in [0.1, 0.15) is 0 Å². The summed E-state index contributed by atoms with van der Waals surface area (Å²) in [6.07, 6.45) is 19.3. The van der Waals surface area contributed by atoms with Gasteiger partial charge in [0.15, 0.2) is 0 Å². The molecule has 0 fully saturated rings. The first kappa shape index (κ1) is 40.7. The lowest BCUT2D eigenvalue weighted by Crippen LogP contribution is -3.00. The van der Waals surface area contributed by atoms with Gasteiger partial charge in [0.2, 0.25) is 0 Å². The van der Waals surface area contributed by atoms with Crippen molar-refractivity contribution in [2.24, 2.45) is 0 Å². The zero-order valence-corrected chi connectivity index (χ0v) is 26.0. The molecule has 0 saturated carbocycles. The van der Waals surface area contributed by atoms with Crippen LogP contribution in [0.15, 0.2) is 0 Å². The Morgan fingerprint density at radius 3 is 0.697 bits per heavy atom. The van der Waals surface area contributed by atoms with E-state index in [0.29, 0.717) is 0 Å². The summed E-state index contributed by atoms with van der Waals surface area (Å²) in [5.41, 5.74) is 0. The molecule has 0 N–H and O–H groups in total. The van der Waals surface area contributed by atoms with Crippen LogP contribution >= 0.6 is 0 Å². The molecule has 0 saturated heterocycles. The van der Waals surface area contributed by atoms with Gasteiger partial charge >= 0.3 is 0 Å². The Labute approximate surface area is 224 Å². The lowest BCUT2D eigenvalue weighted by molar-refractivity contribution is -0.929. The highest BCUT2D eigenvalue weighted by atomic mass is 35.5. The lowest BCUT2D eigenvalue weighted by Gasteiger charge is -2.39. The van der Waals surface area contributed by atoms with E-state index in [1.165, 1.54) is 145 Å². The van der Waals surface area contributed by atoms with Crippen LogP contribution < -0.4 is 24.8 Å². The summed E-state index contributed by atoms with van der Waals surface area (Å²) in [4.78, 5) is 0. The Morgan fingerprint density at radius 2 is 0.515 bits per heavy atom. The molecule has 0 aliphatic rings. The second kappa shape index (κ2) is 28.7. The van der Waals surface area contributed by atoms with E-state index >= 15 is 0 Å². The quantitative estimate of drug-likeness (QED) is 0.207. The summed E-state index contributed by atoms with van der Waals surface area (Å²) in [6.45, 7) is 26.1. The maximum absolute atomic E-state index is 2.45. The molecule has 0 aromatic carbocycles. The Bertz CT molecular complexity index is 291. The molecule has 0 amide bonds. The van der Waals surface area contributed by atoms with Gasteiger partial charge in [-0.2, -0.15) is 0 Å². The minimum Gasteiger partial charge on any atom is -1.00 e. The normalized spacial score (nSPS) is 11.3. The van der Waals surface area contributed by atoms with E-state index in [9.17, 15) is 0 Å². The van der Waals surface area contributed by atoms with E-state index in [-0.39, 0.29) is 24.8 Å². The van der Waals surface area contributed by atoms with E-state index in [1.54, 1.807) is 0 Å². The first-order chi connectivity index (χ1) is 14.9. The van der Waals surface area contributed by atoms with E-state index in [2.05, 4.69) is 55.5 Å². The van der Waals surface area contributed by atoms with Crippen molar-refractivity contribution in [1.82, 2.24) is 0 Å². The number of rotatable bonds is 21. The third-order valence-electron chi connectivity index (χ3n) is 7.10. The number of unbranched alkanes of at least 4 members (excludes halogenated alkanes) is 7. The van der Waals surface area contributed by atoms with Crippen LogP contribution in [-0.2, 0) is 0 Å². The highest BCUT2D eigenvalue weighted by Gasteiger charge is 2.24. The molecule has 0 spiro atoms. The average molecular weight is 514 g/mol. The molecule has 0 bridgehead atoms. The molecule has 0 aromatic rings. The molecule has 0 rings (SSSR count). The molecule has 0 aromatic heterocycles. The Balaban J connectivity index is -0.000000244. The number of hydrogen-bond acceptors (Lipinski definition) is 0. The second-order valence-corrected chi connectivity index (χ2v) is 10.5. The van der Waals surface area contributed by atoms with Crippen LogP contribution in [0.5, 0.6) is 0 Å². The van der Waals surface area contributed by atoms with Crippen molar-refractivity contribution < 1.29 is 33.8 Å². The summed E-state index contributed by atoms with van der Waals surface area (Å²) in [6, 6.07) is 0. The van der Waals surface area contributed by atoms with Gasteiger partial charge in [-0.3, -0.25) is 0 Å². The van der Waals surface area contributed by atoms with E-state index < -0.39 is 0 Å². The van der Waals surface area contributed by atoms with Crippen LogP contribution in [0.1, 0.15) is 138 Å². The minimum atomic E-state index is 0. The Kier molecular flexibility index (Phi) is 35.4. The van der Waals surface area contributed by atoms with Gasteiger partial charge < -0.3 is 33.8 Å². The van der Waals surface area contributed by atoms with Crippen molar-refractivity contribution in [3.8, 4) is 0 Å². The molecular formula is C29H66Cl2N2. The predicted molar refractivity (Wildman–Crippen MR) is 145 cm³/mol. The van der Waals surface area contributed by atoms with Crippen molar-refractivity contribution in [3.05, 3.63) is 0 Å². The van der Waals surface area contributed by atoms with Crippen LogP contribution in [-0.4, -0.2) is 61.8 Å². The van der Waals surface area contributed by atoms with E-state index in [4.69, 9.17) is 0 Å². The fourth-order valence-electron chi connectivity index (χ4n) is 4.60. The summed E-state index contributed by atoms with van der Waals surface area (Å²) in [5, 5.41) is 0. The van der Waals surface area contributed by atoms with Crippen LogP contribution in [0.3, 0.4) is 0 Å². The lowest BCUT2D eigenvalue weighted by atomic mass is 10.1. The molecule has 33 heavy (non-hydrogen) atoms. The van der Waals surface area contributed by atoms with Crippen LogP contribution in [0, 0.1) is 0 Å². The van der Waals surface area contributed by atoms with Crippen molar-refractivity contribution in [2.75, 3.05) is 52.9 Å². The smallest absolute Gasteiger partial charge is 0.0786 e. The fraction of sp³-hybridized carbons (Fsp3) is 1.00. The van der Waals surface area contributed by atoms with Gasteiger partial charge in [0.25, 0.3) is 0 Å².